The van der Waals surface area contributed by atoms with Gasteiger partial charge in [0.15, 0.2) is 0 Å². The molecule has 2 atom stereocenters. The molecular weight excluding hydrogens is 323 g/mol. The summed E-state index contributed by atoms with van der Waals surface area (Å²) in [4.78, 5) is 4.79. The van der Waals surface area contributed by atoms with Gasteiger partial charge in [-0.3, -0.25) is 4.99 Å². The highest BCUT2D eigenvalue weighted by molar-refractivity contribution is 8.00. The third kappa shape index (κ3) is 4.18. The smallest absolute Gasteiger partial charge is 0.374 e. The van der Waals surface area contributed by atoms with Gasteiger partial charge in [0, 0.05) is 16.8 Å². The lowest BCUT2D eigenvalue weighted by molar-refractivity contribution is -0.0576. The van der Waals surface area contributed by atoms with E-state index in [1.54, 1.807) is 11.8 Å². The maximum absolute atomic E-state index is 12.7. The van der Waals surface area contributed by atoms with Crippen LogP contribution in [0.15, 0.2) is 45.8 Å². The van der Waals surface area contributed by atoms with Crippen molar-refractivity contribution in [3.63, 3.8) is 0 Å². The number of aliphatic imine (C=N–C) groups is 1. The van der Waals surface area contributed by atoms with Gasteiger partial charge in [0.25, 0.3) is 0 Å². The van der Waals surface area contributed by atoms with Crippen LogP contribution in [-0.4, -0.2) is 36.4 Å². The molecule has 0 amide bonds. The fourth-order valence-corrected chi connectivity index (χ4v) is 4.10. The van der Waals surface area contributed by atoms with Crippen molar-refractivity contribution in [1.82, 2.24) is 0 Å². The first-order valence-electron chi connectivity index (χ1n) is 7.59. The van der Waals surface area contributed by atoms with Crippen LogP contribution in [0.1, 0.15) is 18.4 Å². The molecule has 6 heteroatoms. The van der Waals surface area contributed by atoms with Gasteiger partial charge in [0.2, 0.25) is 0 Å². The predicted molar refractivity (Wildman–Crippen MR) is 86.2 cm³/mol. The SMILES string of the molecule is Cc1cccc(SC2CCOC(C3=CC(C(F)(F)F)=NC3)C2)c1. The number of allylic oxidation sites excluding steroid dienone is 1. The zero-order valence-electron chi connectivity index (χ0n) is 12.8. The maximum atomic E-state index is 12.7. The monoisotopic (exact) mass is 341 g/mol. The van der Waals surface area contributed by atoms with E-state index in [2.05, 4.69) is 30.1 Å². The molecule has 2 heterocycles. The lowest BCUT2D eigenvalue weighted by Crippen LogP contribution is -2.29. The largest absolute Gasteiger partial charge is 0.432 e. The fraction of sp³-hybridized carbons (Fsp3) is 0.471. The molecule has 1 aromatic carbocycles. The minimum absolute atomic E-state index is 0.0986. The Balaban J connectivity index is 1.63. The van der Waals surface area contributed by atoms with Crippen LogP contribution >= 0.6 is 11.8 Å². The lowest BCUT2D eigenvalue weighted by Gasteiger charge is -2.30. The number of alkyl halides is 3. The Morgan fingerprint density at radius 2 is 2.13 bits per heavy atom. The molecule has 124 valence electrons. The summed E-state index contributed by atoms with van der Waals surface area (Å²) in [6.07, 6.45) is -1.83. The van der Waals surface area contributed by atoms with Crippen LogP contribution in [0.4, 0.5) is 13.2 Å². The van der Waals surface area contributed by atoms with Crippen molar-refractivity contribution >= 4 is 17.5 Å². The summed E-state index contributed by atoms with van der Waals surface area (Å²) >= 11 is 1.78. The van der Waals surface area contributed by atoms with E-state index in [0.717, 1.165) is 18.9 Å². The number of rotatable bonds is 3. The highest BCUT2D eigenvalue weighted by Gasteiger charge is 2.38. The van der Waals surface area contributed by atoms with E-state index >= 15 is 0 Å². The number of aryl methyl sites for hydroxylation is 1. The molecule has 0 saturated carbocycles. The van der Waals surface area contributed by atoms with Crippen molar-refractivity contribution in [3.05, 3.63) is 41.5 Å². The third-order valence-corrected chi connectivity index (χ3v) is 5.27. The summed E-state index contributed by atoms with van der Waals surface area (Å²) < 4.78 is 43.7. The molecule has 1 saturated heterocycles. The van der Waals surface area contributed by atoms with Gasteiger partial charge in [-0.15, -0.1) is 11.8 Å². The van der Waals surface area contributed by atoms with Gasteiger partial charge in [-0.2, -0.15) is 13.2 Å². The number of halogens is 3. The molecule has 2 unspecified atom stereocenters. The van der Waals surface area contributed by atoms with Gasteiger partial charge in [-0.05, 0) is 43.5 Å². The van der Waals surface area contributed by atoms with Crippen LogP contribution in [-0.2, 0) is 4.74 Å². The molecule has 1 aromatic rings. The van der Waals surface area contributed by atoms with Gasteiger partial charge in [0.05, 0.1) is 12.6 Å². The molecule has 1 fully saturated rings. The third-order valence-electron chi connectivity index (χ3n) is 3.99. The molecule has 0 aliphatic carbocycles. The van der Waals surface area contributed by atoms with E-state index < -0.39 is 11.9 Å². The minimum atomic E-state index is -4.37. The van der Waals surface area contributed by atoms with Crippen LogP contribution in [0.5, 0.6) is 0 Å². The van der Waals surface area contributed by atoms with E-state index in [1.807, 2.05) is 6.07 Å². The van der Waals surface area contributed by atoms with Crippen LogP contribution in [0.2, 0.25) is 0 Å². The summed E-state index contributed by atoms with van der Waals surface area (Å²) in [5.41, 5.74) is 1.07. The second-order valence-electron chi connectivity index (χ2n) is 5.86. The Morgan fingerprint density at radius 3 is 2.83 bits per heavy atom. The number of thioether (sulfide) groups is 1. The van der Waals surface area contributed by atoms with Crippen LogP contribution in [0.3, 0.4) is 0 Å². The first kappa shape index (κ1) is 16.6. The van der Waals surface area contributed by atoms with E-state index in [9.17, 15) is 13.2 Å². The molecule has 0 bridgehead atoms. The number of hydrogen-bond donors (Lipinski definition) is 0. The van der Waals surface area contributed by atoms with E-state index in [0.29, 0.717) is 17.4 Å². The summed E-state index contributed by atoms with van der Waals surface area (Å²) in [5.74, 6) is 0. The normalized spacial score (nSPS) is 25.2. The molecule has 0 aromatic heterocycles. The van der Waals surface area contributed by atoms with Crippen molar-refractivity contribution < 1.29 is 17.9 Å². The van der Waals surface area contributed by atoms with Gasteiger partial charge in [-0.25, -0.2) is 0 Å². The minimum Gasteiger partial charge on any atom is -0.374 e. The zero-order chi connectivity index (χ0) is 16.4. The average Bonchev–Trinajstić information content (AvgIpc) is 2.97. The number of nitrogens with zero attached hydrogens (tertiary/aromatic N) is 1. The lowest BCUT2D eigenvalue weighted by atomic mass is 10.0. The van der Waals surface area contributed by atoms with Crippen molar-refractivity contribution in [3.8, 4) is 0 Å². The number of ether oxygens (including phenoxy) is 1. The maximum Gasteiger partial charge on any atom is 0.432 e. The standard InChI is InChI=1S/C17H18F3NOS/c1-11-3-2-4-13(7-11)23-14-5-6-22-15(9-14)12-8-16(21-10-12)17(18,19)20/h2-4,7-8,14-15H,5-6,9-10H2,1H3. The summed E-state index contributed by atoms with van der Waals surface area (Å²) in [6, 6.07) is 8.28. The van der Waals surface area contributed by atoms with Gasteiger partial charge in [0.1, 0.15) is 5.71 Å². The van der Waals surface area contributed by atoms with Gasteiger partial charge < -0.3 is 4.74 Å². The molecule has 23 heavy (non-hydrogen) atoms. The quantitative estimate of drug-likeness (QED) is 0.803. The first-order valence-corrected chi connectivity index (χ1v) is 8.47. The van der Waals surface area contributed by atoms with Crippen LogP contribution in [0, 0.1) is 6.92 Å². The van der Waals surface area contributed by atoms with E-state index in [1.165, 1.54) is 10.5 Å². The second-order valence-corrected chi connectivity index (χ2v) is 7.23. The second kappa shape index (κ2) is 6.69. The molecule has 0 N–H and O–H groups in total. The van der Waals surface area contributed by atoms with E-state index in [4.69, 9.17) is 4.74 Å². The average molecular weight is 341 g/mol. The van der Waals surface area contributed by atoms with Crippen LogP contribution in [0.25, 0.3) is 0 Å². The highest BCUT2D eigenvalue weighted by atomic mass is 32.2. The summed E-state index contributed by atoms with van der Waals surface area (Å²) in [6.45, 7) is 2.73. The molecule has 2 aliphatic heterocycles. The number of hydrogen-bond acceptors (Lipinski definition) is 3. The number of benzene rings is 1. The van der Waals surface area contributed by atoms with Gasteiger partial charge >= 0.3 is 6.18 Å². The molecule has 2 aliphatic rings. The Bertz CT molecular complexity index is 639. The van der Waals surface area contributed by atoms with Crippen LogP contribution < -0.4 is 0 Å². The predicted octanol–water partition coefficient (Wildman–Crippen LogP) is 4.58. The van der Waals surface area contributed by atoms with E-state index in [-0.39, 0.29) is 12.6 Å². The van der Waals surface area contributed by atoms with Crippen molar-refractivity contribution in [2.75, 3.05) is 13.2 Å². The van der Waals surface area contributed by atoms with Gasteiger partial charge in [-0.1, -0.05) is 17.7 Å². The van der Waals surface area contributed by atoms with Crippen molar-refractivity contribution in [2.45, 2.75) is 42.2 Å². The molecule has 0 radical (unpaired) electrons. The Hall–Kier alpha value is -1.27. The molecular formula is C17H18F3NOS. The Kier molecular flexibility index (Phi) is 4.82. The van der Waals surface area contributed by atoms with Crippen molar-refractivity contribution in [1.29, 1.82) is 0 Å². The summed E-state index contributed by atoms with van der Waals surface area (Å²) in [7, 11) is 0. The first-order chi connectivity index (χ1) is 10.9. The Morgan fingerprint density at radius 1 is 1.30 bits per heavy atom. The Labute approximate surface area is 137 Å². The highest BCUT2D eigenvalue weighted by Crippen LogP contribution is 2.35. The summed E-state index contributed by atoms with van der Waals surface area (Å²) in [5, 5.41) is 0.353. The molecule has 3 rings (SSSR count). The molecule has 0 spiro atoms. The van der Waals surface area contributed by atoms with Crippen molar-refractivity contribution in [2.24, 2.45) is 4.99 Å². The topological polar surface area (TPSA) is 21.6 Å². The fourth-order valence-electron chi connectivity index (χ4n) is 2.82. The zero-order valence-corrected chi connectivity index (χ0v) is 13.6. The molecule has 2 nitrogen and oxygen atoms in total.